The van der Waals surface area contributed by atoms with Crippen LogP contribution in [0.2, 0.25) is 0 Å². The van der Waals surface area contributed by atoms with E-state index < -0.39 is 0 Å². The van der Waals surface area contributed by atoms with Gasteiger partial charge in [-0.25, -0.2) is 0 Å². The van der Waals surface area contributed by atoms with E-state index in [9.17, 15) is 0 Å². The molecule has 1 N–H and O–H groups in total. The number of hydrogen-bond acceptors (Lipinski definition) is 1. The van der Waals surface area contributed by atoms with E-state index in [4.69, 9.17) is 0 Å². The van der Waals surface area contributed by atoms with E-state index in [0.717, 1.165) is 20.8 Å². The monoisotopic (exact) mass is 561 g/mol. The van der Waals surface area contributed by atoms with E-state index in [1.807, 2.05) is 38.1 Å². The van der Waals surface area contributed by atoms with Crippen LogP contribution >= 0.6 is 8.58 Å². The van der Waals surface area contributed by atoms with Gasteiger partial charge in [-0.1, -0.05) is 152 Å². The minimum Gasteiger partial charge on any atom is -0.381 e. The van der Waals surface area contributed by atoms with Gasteiger partial charge >= 0.3 is 0 Å². The summed E-state index contributed by atoms with van der Waals surface area (Å²) in [5.74, 6) is 0. The maximum Gasteiger partial charge on any atom is 0.0400 e. The second kappa shape index (κ2) is 15.6. The lowest BCUT2D eigenvalue weighted by molar-refractivity contribution is 0.469. The highest BCUT2D eigenvalue weighted by molar-refractivity contribution is 7.37. The van der Waals surface area contributed by atoms with Gasteiger partial charge in [0.25, 0.3) is 0 Å². The van der Waals surface area contributed by atoms with Crippen LogP contribution in [0.5, 0.6) is 0 Å². The lowest BCUT2D eigenvalue weighted by atomic mass is 9.91. The van der Waals surface area contributed by atoms with Gasteiger partial charge in [0.05, 0.1) is 0 Å². The summed E-state index contributed by atoms with van der Waals surface area (Å²) in [6.07, 6.45) is 0. The Labute approximate surface area is 250 Å². The molecule has 0 amide bonds. The van der Waals surface area contributed by atoms with Gasteiger partial charge in [0, 0.05) is 12.2 Å². The van der Waals surface area contributed by atoms with Crippen LogP contribution in [0.25, 0.3) is 32.3 Å². The van der Waals surface area contributed by atoms with Crippen molar-refractivity contribution in [3.05, 3.63) is 126 Å². The molecule has 41 heavy (non-hydrogen) atoms. The molecule has 0 fully saturated rings. The van der Waals surface area contributed by atoms with Crippen molar-refractivity contribution < 1.29 is 0 Å². The summed E-state index contributed by atoms with van der Waals surface area (Å²) in [5.41, 5.74) is 5.10. The second-order valence-corrected chi connectivity index (χ2v) is 13.2. The Bertz CT molecular complexity index is 1520. The van der Waals surface area contributed by atoms with Gasteiger partial charge in [0.15, 0.2) is 0 Å². The van der Waals surface area contributed by atoms with Crippen LogP contribution in [0, 0.1) is 5.41 Å². The van der Waals surface area contributed by atoms with Crippen molar-refractivity contribution in [2.75, 3.05) is 12.0 Å². The Kier molecular flexibility index (Phi) is 12.2. The Hall–Kier alpha value is -3.41. The predicted octanol–water partition coefficient (Wildman–Crippen LogP) is 12.3. The van der Waals surface area contributed by atoms with Gasteiger partial charge < -0.3 is 5.32 Å². The van der Waals surface area contributed by atoms with Crippen LogP contribution < -0.4 is 5.32 Å². The molecule has 2 unspecified atom stereocenters. The highest BCUT2D eigenvalue weighted by Gasteiger charge is 2.13. The van der Waals surface area contributed by atoms with E-state index in [1.54, 1.807) is 0 Å². The standard InChI is InChI=1S/C19H17P.C13H13N.C5H12.C2H6/c1-12(20-2)16-10-8-15-7-6-13-4-3-5-14-9-11-17(16)19(15)18(13)14;1-3-7-12(8-4-1)11-14-13-9-5-2-6-10-13;1-5(2,3)4;1-2/h3-12,20H,1-2H3;1-10,14H,11H2;1-4H3;1-2H3. The number of benzene rings is 6. The van der Waals surface area contributed by atoms with E-state index in [1.165, 1.54) is 43.4 Å². The summed E-state index contributed by atoms with van der Waals surface area (Å²) in [6, 6.07) is 40.9. The van der Waals surface area contributed by atoms with Crippen LogP contribution in [0.1, 0.15) is 65.3 Å². The molecule has 0 aliphatic carbocycles. The number of nitrogens with one attached hydrogen (secondary N) is 1. The summed E-state index contributed by atoms with van der Waals surface area (Å²) in [7, 11) is 0.943. The molecule has 2 heteroatoms. The molecule has 2 atom stereocenters. The van der Waals surface area contributed by atoms with Crippen molar-refractivity contribution in [1.82, 2.24) is 0 Å². The van der Waals surface area contributed by atoms with Crippen molar-refractivity contribution in [3.63, 3.8) is 0 Å². The SMILES string of the molecule is CC.CC(C)(C)C.CPC(C)c1ccc2ccc3cccc4ccc1c2c34.c1ccc(CNc2ccccc2)cc1. The van der Waals surface area contributed by atoms with E-state index >= 15 is 0 Å². The summed E-state index contributed by atoms with van der Waals surface area (Å²) in [5, 5.41) is 11.7. The molecule has 1 nitrogen and oxygen atoms in total. The van der Waals surface area contributed by atoms with Crippen molar-refractivity contribution in [1.29, 1.82) is 0 Å². The lowest BCUT2D eigenvalue weighted by Gasteiger charge is -2.17. The molecule has 0 heterocycles. The van der Waals surface area contributed by atoms with Gasteiger partial charge in [0.2, 0.25) is 0 Å². The molecule has 0 radical (unpaired) electrons. The summed E-state index contributed by atoms with van der Waals surface area (Å²) < 4.78 is 0. The molecule has 0 bridgehead atoms. The van der Waals surface area contributed by atoms with Crippen molar-refractivity contribution in [2.24, 2.45) is 5.41 Å². The zero-order chi connectivity index (χ0) is 29.8. The fraction of sp³-hybridized carbons (Fsp3) is 0.282. The van der Waals surface area contributed by atoms with Crippen molar-refractivity contribution in [2.45, 2.75) is 60.7 Å². The Morgan fingerprint density at radius 2 is 1.10 bits per heavy atom. The first-order valence-corrected chi connectivity index (χ1v) is 16.5. The van der Waals surface area contributed by atoms with Gasteiger partial charge in [-0.2, -0.15) is 0 Å². The van der Waals surface area contributed by atoms with Crippen LogP contribution in [-0.4, -0.2) is 6.66 Å². The maximum absolute atomic E-state index is 3.36. The Morgan fingerprint density at radius 1 is 0.610 bits per heavy atom. The average Bonchev–Trinajstić information content (AvgIpc) is 3.00. The fourth-order valence-electron chi connectivity index (χ4n) is 4.65. The molecular formula is C39H48NP. The van der Waals surface area contributed by atoms with E-state index in [2.05, 4.69) is 138 Å². The van der Waals surface area contributed by atoms with Crippen molar-refractivity contribution in [3.8, 4) is 0 Å². The quantitative estimate of drug-likeness (QED) is 0.163. The highest BCUT2D eigenvalue weighted by Crippen LogP contribution is 2.41. The molecule has 0 aliphatic heterocycles. The average molecular weight is 562 g/mol. The third kappa shape index (κ3) is 9.31. The zero-order valence-corrected chi connectivity index (χ0v) is 27.3. The molecule has 0 saturated carbocycles. The molecular weight excluding hydrogens is 513 g/mol. The summed E-state index contributed by atoms with van der Waals surface area (Å²) in [4.78, 5) is 0. The van der Waals surface area contributed by atoms with Crippen LogP contribution in [0.4, 0.5) is 5.69 Å². The first-order valence-electron chi connectivity index (χ1n) is 14.9. The van der Waals surface area contributed by atoms with Crippen LogP contribution in [-0.2, 0) is 6.54 Å². The highest BCUT2D eigenvalue weighted by atomic mass is 31.1. The fourth-order valence-corrected chi connectivity index (χ4v) is 5.21. The summed E-state index contributed by atoms with van der Waals surface area (Å²) >= 11 is 0. The van der Waals surface area contributed by atoms with Gasteiger partial charge in [0.1, 0.15) is 0 Å². The molecule has 0 aromatic heterocycles. The Balaban J connectivity index is 0.000000192. The smallest absolute Gasteiger partial charge is 0.0400 e. The number of para-hydroxylation sites is 1. The van der Waals surface area contributed by atoms with Crippen LogP contribution in [0.3, 0.4) is 0 Å². The summed E-state index contributed by atoms with van der Waals surface area (Å²) in [6.45, 7) is 18.3. The number of hydrogen-bond donors (Lipinski definition) is 1. The molecule has 0 spiro atoms. The third-order valence-corrected chi connectivity index (χ3v) is 7.75. The third-order valence-electron chi connectivity index (χ3n) is 6.58. The number of rotatable bonds is 5. The number of anilines is 1. The van der Waals surface area contributed by atoms with Gasteiger partial charge in [-0.15, -0.1) is 8.58 Å². The Morgan fingerprint density at radius 3 is 1.66 bits per heavy atom. The largest absolute Gasteiger partial charge is 0.381 e. The molecule has 0 aliphatic rings. The van der Waals surface area contributed by atoms with Crippen LogP contribution in [0.15, 0.2) is 115 Å². The maximum atomic E-state index is 3.36. The molecule has 214 valence electrons. The predicted molar refractivity (Wildman–Crippen MR) is 189 cm³/mol. The molecule has 6 aromatic rings. The minimum atomic E-state index is 0.500. The van der Waals surface area contributed by atoms with Crippen molar-refractivity contribution >= 4 is 46.6 Å². The first kappa shape index (κ1) is 32.1. The molecule has 0 saturated heterocycles. The first-order chi connectivity index (χ1) is 19.7. The van der Waals surface area contributed by atoms with E-state index in [-0.39, 0.29) is 0 Å². The molecule has 6 aromatic carbocycles. The van der Waals surface area contributed by atoms with Gasteiger partial charge in [-0.3, -0.25) is 0 Å². The molecule has 6 rings (SSSR count). The lowest BCUT2D eigenvalue weighted by Crippen LogP contribution is -1.98. The van der Waals surface area contributed by atoms with Gasteiger partial charge in [-0.05, 0) is 73.3 Å². The topological polar surface area (TPSA) is 12.0 Å². The zero-order valence-electron chi connectivity index (χ0n) is 26.3. The normalized spacial score (nSPS) is 11.8. The second-order valence-electron chi connectivity index (χ2n) is 11.7. The van der Waals surface area contributed by atoms with E-state index in [0.29, 0.717) is 11.1 Å². The minimum absolute atomic E-state index is 0.500.